The number of para-hydroxylation sites is 1. The molecule has 8 nitrogen and oxygen atoms in total. The molecule has 3 aromatic rings. The average Bonchev–Trinajstić information content (AvgIpc) is 2.97. The van der Waals surface area contributed by atoms with E-state index >= 15 is 0 Å². The van der Waals surface area contributed by atoms with E-state index in [9.17, 15) is 14.7 Å². The lowest BCUT2D eigenvalue weighted by molar-refractivity contribution is -0.130. The number of carbonyl (C=O) groups excluding carboxylic acids is 2. The molecule has 3 N–H and O–H groups in total. The molecule has 4 rings (SSSR count). The second-order valence-electron chi connectivity index (χ2n) is 11.7. The van der Waals surface area contributed by atoms with Crippen LogP contribution in [0.1, 0.15) is 39.2 Å². The molecule has 0 bridgehead atoms. The number of hydrogen-bond donors (Lipinski definition) is 3. The molecule has 2 amide bonds. The van der Waals surface area contributed by atoms with Gasteiger partial charge < -0.3 is 20.5 Å². The zero-order valence-corrected chi connectivity index (χ0v) is 25.4. The highest BCUT2D eigenvalue weighted by molar-refractivity contribution is 8.00. The van der Waals surface area contributed by atoms with Crippen LogP contribution in [0.4, 0.5) is 0 Å². The van der Waals surface area contributed by atoms with Gasteiger partial charge in [-0.2, -0.15) is 0 Å². The van der Waals surface area contributed by atoms with Crippen LogP contribution in [-0.2, 0) is 16.0 Å². The molecule has 2 heterocycles. The smallest absolute Gasteiger partial charge is 0.258 e. The molecule has 1 saturated heterocycles. The number of amides is 2. The Hall–Kier alpha value is -3.40. The number of rotatable bonds is 12. The lowest BCUT2D eigenvalue weighted by Crippen LogP contribution is -2.59. The molecule has 1 aliphatic rings. The first kappa shape index (κ1) is 31.5. The summed E-state index contributed by atoms with van der Waals surface area (Å²) >= 11 is 1.76. The van der Waals surface area contributed by atoms with E-state index in [2.05, 4.69) is 20.5 Å². The number of nitrogens with zero attached hydrogens (tertiary/aromatic N) is 2. The van der Waals surface area contributed by atoms with Crippen LogP contribution in [0.3, 0.4) is 0 Å². The minimum atomic E-state index is -0.903. The Morgan fingerprint density at radius 3 is 2.38 bits per heavy atom. The molecule has 224 valence electrons. The molecular formula is C33H42N4O4S. The van der Waals surface area contributed by atoms with Crippen LogP contribution in [0.15, 0.2) is 90.1 Å². The van der Waals surface area contributed by atoms with Gasteiger partial charge in [0, 0.05) is 41.2 Å². The van der Waals surface area contributed by atoms with E-state index in [1.54, 1.807) is 36.3 Å². The van der Waals surface area contributed by atoms with Crippen molar-refractivity contribution in [1.82, 2.24) is 20.5 Å². The van der Waals surface area contributed by atoms with Crippen molar-refractivity contribution in [1.29, 1.82) is 0 Å². The maximum absolute atomic E-state index is 13.5. The maximum atomic E-state index is 13.5. The predicted molar refractivity (Wildman–Crippen MR) is 166 cm³/mol. The topological polar surface area (TPSA) is 104 Å². The van der Waals surface area contributed by atoms with Crippen molar-refractivity contribution in [3.8, 4) is 5.75 Å². The van der Waals surface area contributed by atoms with Gasteiger partial charge >= 0.3 is 0 Å². The van der Waals surface area contributed by atoms with Crippen LogP contribution >= 0.6 is 11.8 Å². The van der Waals surface area contributed by atoms with E-state index in [0.717, 1.165) is 16.9 Å². The van der Waals surface area contributed by atoms with Gasteiger partial charge in [0.25, 0.3) is 5.91 Å². The number of piperidine rings is 1. The Morgan fingerprint density at radius 1 is 1.05 bits per heavy atom. The summed E-state index contributed by atoms with van der Waals surface area (Å²) in [6.07, 6.45) is 4.64. The summed E-state index contributed by atoms with van der Waals surface area (Å²) in [6.45, 7) is 6.67. The van der Waals surface area contributed by atoms with Crippen LogP contribution in [0, 0.1) is 0 Å². The number of thioether (sulfide) groups is 1. The number of nitrogens with one attached hydrogen (secondary N) is 2. The zero-order chi connectivity index (χ0) is 30.0. The molecule has 0 spiro atoms. The van der Waals surface area contributed by atoms with Gasteiger partial charge in [-0.05, 0) is 69.9 Å². The van der Waals surface area contributed by atoms with E-state index in [4.69, 9.17) is 4.74 Å². The van der Waals surface area contributed by atoms with Crippen molar-refractivity contribution < 1.29 is 19.4 Å². The van der Waals surface area contributed by atoms with Gasteiger partial charge in [0.2, 0.25) is 5.91 Å². The van der Waals surface area contributed by atoms with Crippen LogP contribution in [0.25, 0.3) is 0 Å². The minimum Gasteiger partial charge on any atom is -0.484 e. The Morgan fingerprint density at radius 2 is 1.71 bits per heavy atom. The summed E-state index contributed by atoms with van der Waals surface area (Å²) in [4.78, 5) is 33.8. The number of hydrogen-bond acceptors (Lipinski definition) is 7. The van der Waals surface area contributed by atoms with Crippen LogP contribution in [-0.4, -0.2) is 75.5 Å². The SMILES string of the molecule is CC(C)(C)NC(=O)[C@@H]1C[C@H](Sc2ccncc2)CCN1C[C@@H](O)[C@H](Cc1ccccc1)NC(=O)COc1ccccc1. The van der Waals surface area contributed by atoms with Gasteiger partial charge in [-0.3, -0.25) is 19.5 Å². The summed E-state index contributed by atoms with van der Waals surface area (Å²) < 4.78 is 5.64. The number of pyridine rings is 1. The van der Waals surface area contributed by atoms with Crippen molar-refractivity contribution >= 4 is 23.6 Å². The largest absolute Gasteiger partial charge is 0.484 e. The van der Waals surface area contributed by atoms with Crippen molar-refractivity contribution in [2.45, 2.75) is 73.9 Å². The van der Waals surface area contributed by atoms with E-state index < -0.39 is 18.2 Å². The van der Waals surface area contributed by atoms with Gasteiger partial charge in [-0.1, -0.05) is 48.5 Å². The van der Waals surface area contributed by atoms with Crippen molar-refractivity contribution in [3.05, 3.63) is 90.8 Å². The average molecular weight is 591 g/mol. The third-order valence-electron chi connectivity index (χ3n) is 7.06. The number of aliphatic hydroxyl groups excluding tert-OH is 1. The van der Waals surface area contributed by atoms with E-state index in [0.29, 0.717) is 25.1 Å². The summed E-state index contributed by atoms with van der Waals surface area (Å²) in [6, 6.07) is 22.0. The summed E-state index contributed by atoms with van der Waals surface area (Å²) in [7, 11) is 0. The molecule has 42 heavy (non-hydrogen) atoms. The molecular weight excluding hydrogens is 548 g/mol. The number of aliphatic hydroxyl groups is 1. The number of carbonyl (C=O) groups is 2. The van der Waals surface area contributed by atoms with Crippen LogP contribution in [0.2, 0.25) is 0 Å². The number of β-amino-alcohol motifs (C(OH)–C–C–N with tert-alkyl or cyclic N) is 1. The Bertz CT molecular complexity index is 1260. The highest BCUT2D eigenvalue weighted by Crippen LogP contribution is 2.33. The second-order valence-corrected chi connectivity index (χ2v) is 13.1. The van der Waals surface area contributed by atoms with Crippen LogP contribution < -0.4 is 15.4 Å². The lowest BCUT2D eigenvalue weighted by Gasteiger charge is -2.41. The summed E-state index contributed by atoms with van der Waals surface area (Å²) in [5.41, 5.74) is 0.620. The second kappa shape index (κ2) is 15.2. The Kier molecular flexibility index (Phi) is 11.4. The van der Waals surface area contributed by atoms with E-state index in [-0.39, 0.29) is 35.8 Å². The van der Waals surface area contributed by atoms with Crippen molar-refractivity contribution in [2.24, 2.45) is 0 Å². The number of likely N-dealkylation sites (tertiary alicyclic amines) is 1. The maximum Gasteiger partial charge on any atom is 0.258 e. The molecule has 0 saturated carbocycles. The van der Waals surface area contributed by atoms with Gasteiger partial charge in [0.15, 0.2) is 6.61 Å². The Balaban J connectivity index is 1.46. The first-order chi connectivity index (χ1) is 20.2. The lowest BCUT2D eigenvalue weighted by atomic mass is 9.96. The highest BCUT2D eigenvalue weighted by atomic mass is 32.2. The quantitative estimate of drug-likeness (QED) is 0.292. The number of aromatic nitrogens is 1. The Labute approximate surface area is 253 Å². The molecule has 0 aliphatic carbocycles. The van der Waals surface area contributed by atoms with Crippen LogP contribution in [0.5, 0.6) is 5.75 Å². The summed E-state index contributed by atoms with van der Waals surface area (Å²) in [5, 5.41) is 17.9. The van der Waals surface area contributed by atoms with Gasteiger partial charge in [0.1, 0.15) is 5.75 Å². The van der Waals surface area contributed by atoms with E-state index in [1.807, 2.05) is 81.4 Å². The van der Waals surface area contributed by atoms with Gasteiger partial charge in [0.05, 0.1) is 18.2 Å². The molecule has 1 aliphatic heterocycles. The minimum absolute atomic E-state index is 0.0466. The third-order valence-corrected chi connectivity index (χ3v) is 8.37. The number of benzene rings is 2. The first-order valence-electron chi connectivity index (χ1n) is 14.5. The fraction of sp³-hybridized carbons (Fsp3) is 0.424. The zero-order valence-electron chi connectivity index (χ0n) is 24.6. The number of ether oxygens (including phenoxy) is 1. The monoisotopic (exact) mass is 590 g/mol. The molecule has 0 radical (unpaired) electrons. The van der Waals surface area contributed by atoms with E-state index in [1.165, 1.54) is 0 Å². The molecule has 0 unspecified atom stereocenters. The standard InChI is InChI=1S/C33H42N4O4S/c1-33(2,3)36-32(40)29-21-27(42-26-14-17-34-18-15-26)16-19-37(29)22-30(38)28(20-24-10-6-4-7-11-24)35-31(39)23-41-25-12-8-5-9-13-25/h4-15,17-18,27-30,38H,16,19-23H2,1-3H3,(H,35,39)(H,36,40)/t27-,28+,29+,30-/m1/s1. The fourth-order valence-electron chi connectivity index (χ4n) is 5.08. The normalized spacial score (nSPS) is 19.0. The molecule has 1 aromatic heterocycles. The highest BCUT2D eigenvalue weighted by Gasteiger charge is 2.37. The van der Waals surface area contributed by atoms with Gasteiger partial charge in [-0.15, -0.1) is 11.8 Å². The molecule has 2 aromatic carbocycles. The summed E-state index contributed by atoms with van der Waals surface area (Å²) in [5.74, 6) is 0.246. The van der Waals surface area contributed by atoms with Crippen molar-refractivity contribution in [2.75, 3.05) is 19.7 Å². The van der Waals surface area contributed by atoms with Gasteiger partial charge in [-0.25, -0.2) is 0 Å². The molecule has 9 heteroatoms. The third kappa shape index (κ3) is 10.2. The fourth-order valence-corrected chi connectivity index (χ4v) is 6.24. The predicted octanol–water partition coefficient (Wildman–Crippen LogP) is 4.09. The molecule has 4 atom stereocenters. The molecule has 1 fully saturated rings. The first-order valence-corrected chi connectivity index (χ1v) is 15.4. The van der Waals surface area contributed by atoms with Crippen molar-refractivity contribution in [3.63, 3.8) is 0 Å².